The van der Waals surface area contributed by atoms with E-state index in [4.69, 9.17) is 9.47 Å². The Balaban J connectivity index is 1.44. The van der Waals surface area contributed by atoms with Crippen LogP contribution in [0.5, 0.6) is 0 Å². The number of methoxy groups -OCH3 is 1. The van der Waals surface area contributed by atoms with Crippen LogP contribution < -0.4 is 5.32 Å². The van der Waals surface area contributed by atoms with Gasteiger partial charge in [0.25, 0.3) is 5.91 Å². The summed E-state index contributed by atoms with van der Waals surface area (Å²) in [5.74, 6) is -0.0417. The van der Waals surface area contributed by atoms with Crippen molar-refractivity contribution in [3.63, 3.8) is 0 Å². The maximum atomic E-state index is 13.0. The van der Waals surface area contributed by atoms with Gasteiger partial charge >= 0.3 is 0 Å². The molecule has 4 rings (SSSR count). The zero-order chi connectivity index (χ0) is 19.3. The smallest absolute Gasteiger partial charge is 0.253 e. The third kappa shape index (κ3) is 4.24. The Morgan fingerprint density at radius 1 is 1.29 bits per heavy atom. The normalized spacial score (nSPS) is 19.8. The van der Waals surface area contributed by atoms with E-state index in [1.165, 1.54) is 11.5 Å². The highest BCUT2D eigenvalue weighted by atomic mass is 32.1. The molecule has 0 aliphatic heterocycles. The molecule has 0 bridgehead atoms. The molecule has 1 aliphatic rings. The largest absolute Gasteiger partial charge is 0.382 e. The average Bonchev–Trinajstić information content (AvgIpc) is 3.40. The lowest BCUT2D eigenvalue weighted by atomic mass is 9.92. The summed E-state index contributed by atoms with van der Waals surface area (Å²) in [5, 5.41) is 4.18. The number of benzene rings is 1. The van der Waals surface area contributed by atoms with Crippen LogP contribution in [-0.2, 0) is 9.47 Å². The molecule has 2 aromatic heterocycles. The number of carbonyl (C=O) groups is 1. The first-order valence-corrected chi connectivity index (χ1v) is 10.3. The van der Waals surface area contributed by atoms with Gasteiger partial charge in [-0.2, -0.15) is 4.37 Å². The molecule has 1 amide bonds. The van der Waals surface area contributed by atoms with Gasteiger partial charge in [-0.3, -0.25) is 4.79 Å². The third-order valence-corrected chi connectivity index (χ3v) is 5.98. The highest BCUT2D eigenvalue weighted by Gasteiger charge is 2.24. The molecular formula is C20H24N4O3S. The van der Waals surface area contributed by atoms with E-state index in [-0.39, 0.29) is 18.1 Å². The van der Waals surface area contributed by atoms with Crippen molar-refractivity contribution in [1.82, 2.24) is 19.2 Å². The quantitative estimate of drug-likeness (QED) is 0.616. The molecule has 1 aliphatic carbocycles. The Morgan fingerprint density at radius 2 is 2.14 bits per heavy atom. The minimum Gasteiger partial charge on any atom is -0.382 e. The first kappa shape index (κ1) is 19.0. The summed E-state index contributed by atoms with van der Waals surface area (Å²) in [6.45, 7) is 1.25. The van der Waals surface area contributed by atoms with Gasteiger partial charge < -0.3 is 19.4 Å². The van der Waals surface area contributed by atoms with Crippen LogP contribution in [0.25, 0.3) is 15.8 Å². The Kier molecular flexibility index (Phi) is 5.99. The van der Waals surface area contributed by atoms with Gasteiger partial charge in [0, 0.05) is 42.8 Å². The number of ether oxygens (including phenoxy) is 2. The number of carbonyl (C=O) groups excluding carboxylic acids is 1. The number of imidazole rings is 1. The predicted molar refractivity (Wildman–Crippen MR) is 108 cm³/mol. The maximum absolute atomic E-state index is 13.0. The van der Waals surface area contributed by atoms with Gasteiger partial charge in [-0.1, -0.05) is 0 Å². The van der Waals surface area contributed by atoms with E-state index in [1.54, 1.807) is 25.8 Å². The molecule has 0 atom stereocenters. The molecule has 0 radical (unpaired) electrons. The number of rotatable bonds is 7. The van der Waals surface area contributed by atoms with Crippen LogP contribution in [-0.4, -0.2) is 52.3 Å². The third-order valence-electron chi connectivity index (χ3n) is 5.14. The molecule has 8 heteroatoms. The zero-order valence-corrected chi connectivity index (χ0v) is 16.7. The van der Waals surface area contributed by atoms with Crippen LogP contribution >= 0.6 is 11.5 Å². The van der Waals surface area contributed by atoms with Crippen molar-refractivity contribution in [2.75, 3.05) is 20.3 Å². The standard InChI is InChI=1S/C20H24N4O3S/c1-26-8-9-27-17-4-2-15(3-5-17)23-20(25)18-11-16(24-7-6-21-13-24)10-14-12-22-28-19(14)18/h6-7,10-13,15,17H,2-5,8-9H2,1H3,(H,23,25)/t15-,17-. The van der Waals surface area contributed by atoms with E-state index in [0.29, 0.717) is 18.8 Å². The number of hydrogen-bond donors (Lipinski definition) is 1. The Morgan fingerprint density at radius 3 is 2.89 bits per heavy atom. The summed E-state index contributed by atoms with van der Waals surface area (Å²) in [5.41, 5.74) is 1.58. The maximum Gasteiger partial charge on any atom is 0.253 e. The summed E-state index contributed by atoms with van der Waals surface area (Å²) in [6, 6.07) is 4.12. The first-order valence-electron chi connectivity index (χ1n) is 9.53. The number of hydrogen-bond acceptors (Lipinski definition) is 6. The van der Waals surface area contributed by atoms with Gasteiger partial charge in [0.2, 0.25) is 0 Å². The van der Waals surface area contributed by atoms with Crippen LogP contribution in [0, 0.1) is 0 Å². The molecule has 3 aromatic rings. The molecule has 1 saturated carbocycles. The van der Waals surface area contributed by atoms with Crippen LogP contribution in [0.4, 0.5) is 0 Å². The Hall–Kier alpha value is -2.29. The SMILES string of the molecule is COCCO[C@H]1CC[C@H](NC(=O)c2cc(-n3ccnc3)cc3cnsc23)CC1. The summed E-state index contributed by atoms with van der Waals surface area (Å²) in [4.78, 5) is 17.1. The van der Waals surface area contributed by atoms with Crippen molar-refractivity contribution in [3.8, 4) is 5.69 Å². The van der Waals surface area contributed by atoms with Gasteiger partial charge in [-0.05, 0) is 49.3 Å². The molecule has 0 spiro atoms. The predicted octanol–water partition coefficient (Wildman–Crippen LogP) is 3.19. The molecule has 1 aromatic carbocycles. The molecule has 28 heavy (non-hydrogen) atoms. The minimum absolute atomic E-state index is 0.0417. The molecular weight excluding hydrogens is 376 g/mol. The van der Waals surface area contributed by atoms with Crippen LogP contribution in [0.3, 0.4) is 0 Å². The molecule has 0 saturated heterocycles. The van der Waals surface area contributed by atoms with Gasteiger partial charge in [-0.15, -0.1) is 0 Å². The molecule has 2 heterocycles. The second kappa shape index (κ2) is 8.81. The van der Waals surface area contributed by atoms with Crippen LogP contribution in [0.2, 0.25) is 0 Å². The fourth-order valence-corrected chi connectivity index (χ4v) is 4.37. The monoisotopic (exact) mass is 400 g/mol. The molecule has 1 fully saturated rings. The van der Waals surface area contributed by atoms with E-state index in [1.807, 2.05) is 22.9 Å². The molecule has 148 valence electrons. The van der Waals surface area contributed by atoms with E-state index < -0.39 is 0 Å². The van der Waals surface area contributed by atoms with Crippen molar-refractivity contribution in [2.24, 2.45) is 0 Å². The summed E-state index contributed by atoms with van der Waals surface area (Å²) in [7, 11) is 1.68. The van der Waals surface area contributed by atoms with Crippen molar-refractivity contribution in [2.45, 2.75) is 37.8 Å². The average molecular weight is 401 g/mol. The summed E-state index contributed by atoms with van der Waals surface area (Å²) < 4.78 is 17.9. The van der Waals surface area contributed by atoms with Crippen molar-refractivity contribution in [1.29, 1.82) is 0 Å². The minimum atomic E-state index is -0.0417. The second-order valence-electron chi connectivity index (χ2n) is 7.02. The molecule has 1 N–H and O–H groups in total. The molecule has 0 unspecified atom stereocenters. The lowest BCUT2D eigenvalue weighted by Gasteiger charge is -2.29. The van der Waals surface area contributed by atoms with Crippen LogP contribution in [0.1, 0.15) is 36.0 Å². The van der Waals surface area contributed by atoms with Crippen molar-refractivity contribution >= 4 is 27.5 Å². The number of nitrogens with zero attached hydrogens (tertiary/aromatic N) is 3. The summed E-state index contributed by atoms with van der Waals surface area (Å²) >= 11 is 1.35. The highest BCUT2D eigenvalue weighted by molar-refractivity contribution is 7.13. The summed E-state index contributed by atoms with van der Waals surface area (Å²) in [6.07, 6.45) is 11.2. The molecule has 7 nitrogen and oxygen atoms in total. The fraction of sp³-hybridized carbons (Fsp3) is 0.450. The lowest BCUT2D eigenvalue weighted by Crippen LogP contribution is -2.39. The van der Waals surface area contributed by atoms with Gasteiger partial charge in [0.1, 0.15) is 0 Å². The Bertz CT molecular complexity index is 917. The Labute approximate surface area is 167 Å². The second-order valence-corrected chi connectivity index (χ2v) is 7.82. The van der Waals surface area contributed by atoms with Gasteiger partial charge in [-0.25, -0.2) is 4.98 Å². The van der Waals surface area contributed by atoms with Crippen molar-refractivity contribution in [3.05, 3.63) is 42.6 Å². The fourth-order valence-electron chi connectivity index (χ4n) is 3.63. The number of aromatic nitrogens is 3. The lowest BCUT2D eigenvalue weighted by molar-refractivity contribution is -0.00408. The van der Waals surface area contributed by atoms with Gasteiger partial charge in [0.15, 0.2) is 0 Å². The van der Waals surface area contributed by atoms with E-state index in [2.05, 4.69) is 14.7 Å². The van der Waals surface area contributed by atoms with Crippen molar-refractivity contribution < 1.29 is 14.3 Å². The van der Waals surface area contributed by atoms with E-state index in [9.17, 15) is 4.79 Å². The van der Waals surface area contributed by atoms with E-state index in [0.717, 1.165) is 41.5 Å². The number of nitrogens with one attached hydrogen (secondary N) is 1. The first-order chi connectivity index (χ1) is 13.7. The number of amides is 1. The van der Waals surface area contributed by atoms with E-state index >= 15 is 0 Å². The topological polar surface area (TPSA) is 78.3 Å². The highest BCUT2D eigenvalue weighted by Crippen LogP contribution is 2.27. The number of fused-ring (bicyclic) bond motifs is 1. The zero-order valence-electron chi connectivity index (χ0n) is 15.8. The van der Waals surface area contributed by atoms with Crippen LogP contribution in [0.15, 0.2) is 37.1 Å². The van der Waals surface area contributed by atoms with Gasteiger partial charge in [0.05, 0.1) is 35.9 Å².